The summed E-state index contributed by atoms with van der Waals surface area (Å²) >= 11 is 12.7. The number of nitrogens with zero attached hydrogens (tertiary/aromatic N) is 2. The lowest BCUT2D eigenvalue weighted by Gasteiger charge is -1.92. The molecule has 2 heterocycles. The van der Waals surface area contributed by atoms with Gasteiger partial charge in [0.2, 0.25) is 0 Å². The minimum atomic E-state index is -0.0583. The summed E-state index contributed by atoms with van der Waals surface area (Å²) in [5, 5.41) is 4.11. The van der Waals surface area contributed by atoms with E-state index in [1.165, 1.54) is 17.4 Å². The molecule has 0 unspecified atom stereocenters. The van der Waals surface area contributed by atoms with Gasteiger partial charge < -0.3 is 0 Å². The number of thiophene rings is 1. The number of carbonyl (C=O) groups is 1. The Morgan fingerprint density at radius 2 is 2.33 bits per heavy atom. The van der Waals surface area contributed by atoms with Gasteiger partial charge in [0.1, 0.15) is 0 Å². The zero-order valence-electron chi connectivity index (χ0n) is 9.35. The van der Waals surface area contributed by atoms with Gasteiger partial charge >= 0.3 is 0 Å². The summed E-state index contributed by atoms with van der Waals surface area (Å²) in [5.41, 5.74) is 0.871. The van der Waals surface area contributed by atoms with Crippen LogP contribution in [-0.2, 0) is 6.54 Å². The molecule has 0 spiro atoms. The molecule has 2 aromatic rings. The first-order valence-corrected chi connectivity index (χ1v) is 6.98. The molecule has 18 heavy (non-hydrogen) atoms. The Balaban J connectivity index is 2.03. The normalized spacial score (nSPS) is 11.2. The minimum Gasteiger partial charge on any atom is -0.288 e. The van der Waals surface area contributed by atoms with E-state index < -0.39 is 0 Å². The molecule has 0 bridgehead atoms. The molecule has 0 saturated heterocycles. The maximum absolute atomic E-state index is 11.8. The van der Waals surface area contributed by atoms with E-state index >= 15 is 0 Å². The number of aryl methyl sites for hydroxylation is 1. The van der Waals surface area contributed by atoms with E-state index in [1.54, 1.807) is 29.1 Å². The lowest BCUT2D eigenvalue weighted by molar-refractivity contribution is 0.105. The molecule has 0 aliphatic rings. The quantitative estimate of drug-likeness (QED) is 0.479. The van der Waals surface area contributed by atoms with Crippen LogP contribution >= 0.6 is 34.5 Å². The summed E-state index contributed by atoms with van der Waals surface area (Å²) in [6.07, 6.45) is 6.78. The third-order valence-corrected chi connectivity index (χ3v) is 3.62. The van der Waals surface area contributed by atoms with Crippen molar-refractivity contribution in [2.45, 2.75) is 6.54 Å². The fraction of sp³-hybridized carbons (Fsp3) is 0.167. The summed E-state index contributed by atoms with van der Waals surface area (Å²) in [6.45, 7) is 0.657. The van der Waals surface area contributed by atoms with Crippen LogP contribution in [0.3, 0.4) is 0 Å². The number of aromatic nitrogens is 2. The van der Waals surface area contributed by atoms with Crippen molar-refractivity contribution in [2.24, 2.45) is 0 Å². The predicted octanol–water partition coefficient (Wildman–Crippen LogP) is 3.73. The second-order valence-electron chi connectivity index (χ2n) is 3.53. The molecule has 0 amide bonds. The van der Waals surface area contributed by atoms with Crippen molar-refractivity contribution in [2.75, 3.05) is 5.88 Å². The van der Waals surface area contributed by atoms with E-state index in [2.05, 4.69) is 5.10 Å². The summed E-state index contributed by atoms with van der Waals surface area (Å²) in [6, 6.07) is 3.43. The smallest absolute Gasteiger partial charge is 0.195 e. The molecule has 2 rings (SSSR count). The van der Waals surface area contributed by atoms with Gasteiger partial charge in [-0.15, -0.1) is 22.9 Å². The first-order chi connectivity index (χ1) is 8.69. The van der Waals surface area contributed by atoms with Crippen LogP contribution in [0.25, 0.3) is 6.08 Å². The highest BCUT2D eigenvalue weighted by molar-refractivity contribution is 7.18. The number of hydrogen-bond donors (Lipinski definition) is 0. The summed E-state index contributed by atoms with van der Waals surface area (Å²) in [7, 11) is 0. The summed E-state index contributed by atoms with van der Waals surface area (Å²) in [5.74, 6) is 0.453. The van der Waals surface area contributed by atoms with Crippen LogP contribution in [0.2, 0.25) is 4.34 Å². The fourth-order valence-corrected chi connectivity index (χ4v) is 2.51. The number of carbonyl (C=O) groups excluding carboxylic acids is 1. The van der Waals surface area contributed by atoms with Gasteiger partial charge in [-0.25, -0.2) is 0 Å². The molecular formula is C12H10Cl2N2OS. The fourth-order valence-electron chi connectivity index (χ4n) is 1.38. The van der Waals surface area contributed by atoms with E-state index in [0.29, 0.717) is 21.6 Å². The van der Waals surface area contributed by atoms with E-state index in [1.807, 2.05) is 6.20 Å². The Kier molecular flexibility index (Phi) is 4.58. The largest absolute Gasteiger partial charge is 0.288 e. The van der Waals surface area contributed by atoms with Gasteiger partial charge in [-0.2, -0.15) is 5.10 Å². The van der Waals surface area contributed by atoms with Crippen molar-refractivity contribution in [3.8, 4) is 0 Å². The van der Waals surface area contributed by atoms with Gasteiger partial charge in [0.25, 0.3) is 0 Å². The lowest BCUT2D eigenvalue weighted by atomic mass is 10.2. The van der Waals surface area contributed by atoms with E-state index in [-0.39, 0.29) is 5.78 Å². The summed E-state index contributed by atoms with van der Waals surface area (Å²) in [4.78, 5) is 12.4. The number of halogens is 2. The van der Waals surface area contributed by atoms with Crippen molar-refractivity contribution >= 4 is 46.4 Å². The topological polar surface area (TPSA) is 34.9 Å². The molecule has 2 aromatic heterocycles. The second kappa shape index (κ2) is 6.18. The molecule has 6 heteroatoms. The van der Waals surface area contributed by atoms with Gasteiger partial charge in [0.15, 0.2) is 5.78 Å². The van der Waals surface area contributed by atoms with Crippen LogP contribution in [0.5, 0.6) is 0 Å². The van der Waals surface area contributed by atoms with E-state index in [9.17, 15) is 4.79 Å². The number of alkyl halides is 1. The number of rotatable bonds is 5. The SMILES string of the molecule is O=C(/C=C/c1cnn(CCCl)c1)c1ccc(Cl)s1. The Bertz CT molecular complexity index is 574. The van der Waals surface area contributed by atoms with Crippen LogP contribution < -0.4 is 0 Å². The Morgan fingerprint density at radius 1 is 1.50 bits per heavy atom. The van der Waals surface area contributed by atoms with Gasteiger partial charge in [-0.3, -0.25) is 9.48 Å². The number of ketones is 1. The maximum atomic E-state index is 11.8. The summed E-state index contributed by atoms with van der Waals surface area (Å²) < 4.78 is 2.35. The van der Waals surface area contributed by atoms with Gasteiger partial charge in [-0.05, 0) is 24.3 Å². The monoisotopic (exact) mass is 300 g/mol. The second-order valence-corrected chi connectivity index (χ2v) is 5.62. The van der Waals surface area contributed by atoms with Crippen molar-refractivity contribution in [1.29, 1.82) is 0 Å². The zero-order chi connectivity index (χ0) is 13.0. The first kappa shape index (κ1) is 13.3. The van der Waals surface area contributed by atoms with Crippen LogP contribution in [0.1, 0.15) is 15.2 Å². The van der Waals surface area contributed by atoms with Crippen molar-refractivity contribution < 1.29 is 4.79 Å². The average Bonchev–Trinajstić information content (AvgIpc) is 2.96. The lowest BCUT2D eigenvalue weighted by Crippen LogP contribution is -1.98. The molecule has 0 fully saturated rings. The molecule has 0 saturated carbocycles. The first-order valence-electron chi connectivity index (χ1n) is 5.25. The molecule has 0 aliphatic heterocycles. The van der Waals surface area contributed by atoms with Crippen molar-refractivity contribution in [3.63, 3.8) is 0 Å². The molecular weight excluding hydrogens is 291 g/mol. The third-order valence-electron chi connectivity index (χ3n) is 2.21. The van der Waals surface area contributed by atoms with Crippen LogP contribution in [0, 0.1) is 0 Å². The van der Waals surface area contributed by atoms with Gasteiger partial charge in [0.05, 0.1) is 22.0 Å². The van der Waals surface area contributed by atoms with E-state index in [4.69, 9.17) is 23.2 Å². The molecule has 0 atom stereocenters. The third kappa shape index (κ3) is 3.45. The van der Waals surface area contributed by atoms with Gasteiger partial charge in [-0.1, -0.05) is 11.6 Å². The Morgan fingerprint density at radius 3 is 3.00 bits per heavy atom. The highest BCUT2D eigenvalue weighted by Crippen LogP contribution is 2.22. The molecule has 0 radical (unpaired) electrons. The standard InChI is InChI=1S/C12H10Cl2N2OS/c13-5-6-16-8-9(7-15-16)1-2-10(17)11-3-4-12(14)18-11/h1-4,7-8H,5-6H2/b2-1+. The van der Waals surface area contributed by atoms with Crippen molar-refractivity contribution in [3.05, 3.63) is 45.4 Å². The van der Waals surface area contributed by atoms with Crippen LogP contribution in [-0.4, -0.2) is 21.4 Å². The zero-order valence-corrected chi connectivity index (χ0v) is 11.7. The van der Waals surface area contributed by atoms with E-state index in [0.717, 1.165) is 5.56 Å². The molecule has 3 nitrogen and oxygen atoms in total. The van der Waals surface area contributed by atoms with Crippen molar-refractivity contribution in [1.82, 2.24) is 9.78 Å². The number of hydrogen-bond acceptors (Lipinski definition) is 3. The highest BCUT2D eigenvalue weighted by Gasteiger charge is 2.05. The molecule has 0 aromatic carbocycles. The Labute approximate surface area is 119 Å². The maximum Gasteiger partial charge on any atom is 0.195 e. The minimum absolute atomic E-state index is 0.0583. The molecule has 0 aliphatic carbocycles. The highest BCUT2D eigenvalue weighted by atomic mass is 35.5. The average molecular weight is 301 g/mol. The molecule has 94 valence electrons. The van der Waals surface area contributed by atoms with Crippen LogP contribution in [0.15, 0.2) is 30.6 Å². The van der Waals surface area contributed by atoms with Gasteiger partial charge in [0, 0.05) is 17.6 Å². The number of allylic oxidation sites excluding steroid dienone is 1. The Hall–Kier alpha value is -1.10. The predicted molar refractivity (Wildman–Crippen MR) is 75.6 cm³/mol. The van der Waals surface area contributed by atoms with Crippen LogP contribution in [0.4, 0.5) is 0 Å². The molecule has 0 N–H and O–H groups in total.